The van der Waals surface area contributed by atoms with Crippen molar-refractivity contribution >= 4 is 0 Å². The molecule has 2 N–H and O–H groups in total. The normalized spacial score (nSPS) is 10.7. The van der Waals surface area contributed by atoms with Crippen molar-refractivity contribution in [1.29, 1.82) is 0 Å². The Kier molecular flexibility index (Phi) is 3.06. The molecule has 1 aromatic carbocycles. The summed E-state index contributed by atoms with van der Waals surface area (Å²) in [5.74, 6) is 0.975. The average molecular weight is 215 g/mol. The minimum absolute atomic E-state index is 0.524. The molecule has 0 atom stereocenters. The topological polar surface area (TPSA) is 43.8 Å². The van der Waals surface area contributed by atoms with Crippen LogP contribution >= 0.6 is 0 Å². The van der Waals surface area contributed by atoms with E-state index >= 15 is 0 Å². The molecule has 0 spiro atoms. The molecular formula is C13H17N3. The van der Waals surface area contributed by atoms with Crippen molar-refractivity contribution in [2.75, 3.05) is 0 Å². The highest BCUT2D eigenvalue weighted by Crippen LogP contribution is 2.19. The van der Waals surface area contributed by atoms with Gasteiger partial charge in [0.25, 0.3) is 0 Å². The van der Waals surface area contributed by atoms with Crippen molar-refractivity contribution in [3.05, 3.63) is 41.7 Å². The number of benzene rings is 1. The molecule has 0 unspecified atom stereocenters. The summed E-state index contributed by atoms with van der Waals surface area (Å²) in [6.07, 6.45) is 2.90. The van der Waals surface area contributed by atoms with Crippen LogP contribution < -0.4 is 5.73 Å². The first-order valence-electron chi connectivity index (χ1n) is 5.56. The van der Waals surface area contributed by atoms with Crippen LogP contribution in [-0.4, -0.2) is 9.55 Å². The first-order valence-corrected chi connectivity index (χ1v) is 5.56. The fourth-order valence-electron chi connectivity index (χ4n) is 1.79. The van der Waals surface area contributed by atoms with Crippen LogP contribution in [0.2, 0.25) is 0 Å². The van der Waals surface area contributed by atoms with E-state index < -0.39 is 0 Å². The predicted octanol–water partition coefficient (Wildman–Crippen LogP) is 2.11. The predicted molar refractivity (Wildman–Crippen MR) is 65.9 cm³/mol. The molecule has 0 aliphatic carbocycles. The first kappa shape index (κ1) is 10.9. The maximum absolute atomic E-state index is 5.63. The third-order valence-corrected chi connectivity index (χ3v) is 2.91. The minimum atomic E-state index is 0.524. The van der Waals surface area contributed by atoms with Gasteiger partial charge < -0.3 is 10.3 Å². The summed E-state index contributed by atoms with van der Waals surface area (Å²) < 4.78 is 2.04. The summed E-state index contributed by atoms with van der Waals surface area (Å²) in [6, 6.07) is 8.52. The van der Waals surface area contributed by atoms with Gasteiger partial charge in [0.05, 0.1) is 11.9 Å². The zero-order chi connectivity index (χ0) is 11.5. The smallest absolute Gasteiger partial charge is 0.139 e. The fourth-order valence-corrected chi connectivity index (χ4v) is 1.79. The molecule has 0 fully saturated rings. The van der Waals surface area contributed by atoms with Crippen molar-refractivity contribution in [1.82, 2.24) is 9.55 Å². The summed E-state index contributed by atoms with van der Waals surface area (Å²) in [7, 11) is 2.00. The van der Waals surface area contributed by atoms with Gasteiger partial charge in [0.15, 0.2) is 0 Å². The molecule has 1 aromatic heterocycles. The van der Waals surface area contributed by atoms with E-state index in [-0.39, 0.29) is 0 Å². The second kappa shape index (κ2) is 4.49. The molecule has 1 heterocycles. The van der Waals surface area contributed by atoms with Crippen molar-refractivity contribution < 1.29 is 0 Å². The highest BCUT2D eigenvalue weighted by Gasteiger charge is 2.06. The highest BCUT2D eigenvalue weighted by atomic mass is 15.1. The number of hydrogen-bond donors (Lipinski definition) is 1. The molecule has 0 amide bonds. The molecule has 0 radical (unpaired) electrons. The molecule has 0 bridgehead atoms. The van der Waals surface area contributed by atoms with Gasteiger partial charge in [-0.2, -0.15) is 0 Å². The number of nitrogens with zero attached hydrogens (tertiary/aromatic N) is 2. The standard InChI is InChI=1S/C13H17N3/c1-3-10-4-6-11(7-5-10)13-15-9-12(8-14)16(13)2/h4-7,9H,3,8,14H2,1-2H3. The maximum Gasteiger partial charge on any atom is 0.139 e. The molecule has 0 aliphatic heterocycles. The van der Waals surface area contributed by atoms with Crippen LogP contribution in [0.4, 0.5) is 0 Å². The summed E-state index contributed by atoms with van der Waals surface area (Å²) in [5.41, 5.74) is 9.16. The number of imidazole rings is 1. The monoisotopic (exact) mass is 215 g/mol. The fraction of sp³-hybridized carbons (Fsp3) is 0.308. The van der Waals surface area contributed by atoms with Crippen LogP contribution in [0.1, 0.15) is 18.2 Å². The SMILES string of the molecule is CCc1ccc(-c2ncc(CN)n2C)cc1. The van der Waals surface area contributed by atoms with Crippen LogP contribution in [0.3, 0.4) is 0 Å². The lowest BCUT2D eigenvalue weighted by Gasteiger charge is -2.05. The summed E-state index contributed by atoms with van der Waals surface area (Å²) in [5, 5.41) is 0. The van der Waals surface area contributed by atoms with E-state index in [1.165, 1.54) is 5.56 Å². The van der Waals surface area contributed by atoms with Crippen LogP contribution in [0.15, 0.2) is 30.5 Å². The van der Waals surface area contributed by atoms with Crippen LogP contribution in [0, 0.1) is 0 Å². The molecule has 3 heteroatoms. The molecule has 2 aromatic rings. The third kappa shape index (κ3) is 1.86. The minimum Gasteiger partial charge on any atom is -0.330 e. The Morgan fingerprint density at radius 2 is 1.94 bits per heavy atom. The first-order chi connectivity index (χ1) is 7.76. The van der Waals surface area contributed by atoms with Gasteiger partial charge in [-0.3, -0.25) is 0 Å². The Labute approximate surface area is 95.9 Å². The molecule has 0 saturated carbocycles. The second-order valence-corrected chi connectivity index (χ2v) is 3.89. The van der Waals surface area contributed by atoms with E-state index in [9.17, 15) is 0 Å². The van der Waals surface area contributed by atoms with Crippen molar-refractivity contribution in [2.24, 2.45) is 12.8 Å². The van der Waals surface area contributed by atoms with E-state index in [0.29, 0.717) is 6.54 Å². The quantitative estimate of drug-likeness (QED) is 0.852. The molecule has 84 valence electrons. The van der Waals surface area contributed by atoms with Gasteiger partial charge in [0.1, 0.15) is 5.82 Å². The van der Waals surface area contributed by atoms with Crippen LogP contribution in [0.25, 0.3) is 11.4 Å². The summed E-state index contributed by atoms with van der Waals surface area (Å²) in [4.78, 5) is 4.40. The highest BCUT2D eigenvalue weighted by molar-refractivity contribution is 5.56. The van der Waals surface area contributed by atoms with E-state index in [0.717, 1.165) is 23.5 Å². The van der Waals surface area contributed by atoms with Crippen LogP contribution in [-0.2, 0) is 20.0 Å². The Balaban J connectivity index is 2.38. The number of hydrogen-bond acceptors (Lipinski definition) is 2. The van der Waals surface area contributed by atoms with E-state index in [1.807, 2.05) is 17.8 Å². The number of rotatable bonds is 3. The maximum atomic E-state index is 5.63. The summed E-state index contributed by atoms with van der Waals surface area (Å²) in [6.45, 7) is 2.68. The van der Waals surface area contributed by atoms with Crippen molar-refractivity contribution in [3.8, 4) is 11.4 Å². The van der Waals surface area contributed by atoms with Crippen molar-refractivity contribution in [2.45, 2.75) is 19.9 Å². The summed E-state index contributed by atoms with van der Waals surface area (Å²) >= 11 is 0. The zero-order valence-corrected chi connectivity index (χ0v) is 9.77. The zero-order valence-electron chi connectivity index (χ0n) is 9.77. The Hall–Kier alpha value is -1.61. The largest absolute Gasteiger partial charge is 0.330 e. The molecule has 2 rings (SSSR count). The van der Waals surface area contributed by atoms with Gasteiger partial charge in [-0.05, 0) is 12.0 Å². The van der Waals surface area contributed by atoms with Gasteiger partial charge in [0.2, 0.25) is 0 Å². The Bertz CT molecular complexity index is 468. The molecule has 0 aliphatic rings. The second-order valence-electron chi connectivity index (χ2n) is 3.89. The van der Waals surface area contributed by atoms with Gasteiger partial charge in [0, 0.05) is 19.2 Å². The lowest BCUT2D eigenvalue weighted by atomic mass is 10.1. The number of aromatic nitrogens is 2. The molecule has 0 saturated heterocycles. The van der Waals surface area contributed by atoms with E-state index in [1.54, 1.807) is 0 Å². The number of nitrogens with two attached hydrogens (primary N) is 1. The molecular weight excluding hydrogens is 198 g/mol. The van der Waals surface area contributed by atoms with E-state index in [4.69, 9.17) is 5.73 Å². The van der Waals surface area contributed by atoms with E-state index in [2.05, 4.69) is 36.2 Å². The van der Waals surface area contributed by atoms with Gasteiger partial charge in [-0.1, -0.05) is 31.2 Å². The van der Waals surface area contributed by atoms with Gasteiger partial charge in [-0.15, -0.1) is 0 Å². The van der Waals surface area contributed by atoms with Crippen molar-refractivity contribution in [3.63, 3.8) is 0 Å². The van der Waals surface area contributed by atoms with Crippen LogP contribution in [0.5, 0.6) is 0 Å². The number of aryl methyl sites for hydroxylation is 1. The Morgan fingerprint density at radius 3 is 2.44 bits per heavy atom. The molecule has 16 heavy (non-hydrogen) atoms. The average Bonchev–Trinajstić information content (AvgIpc) is 2.70. The van der Waals surface area contributed by atoms with Gasteiger partial charge in [-0.25, -0.2) is 4.98 Å². The lowest BCUT2D eigenvalue weighted by molar-refractivity contribution is 0.828. The third-order valence-electron chi connectivity index (χ3n) is 2.91. The molecule has 3 nitrogen and oxygen atoms in total. The lowest BCUT2D eigenvalue weighted by Crippen LogP contribution is -2.04. The van der Waals surface area contributed by atoms with Gasteiger partial charge >= 0.3 is 0 Å². The Morgan fingerprint density at radius 1 is 1.25 bits per heavy atom.